The molecule has 2 amide bonds. The fraction of sp³-hybridized carbons (Fsp3) is 0.538. The zero-order chi connectivity index (χ0) is 15.8. The van der Waals surface area contributed by atoms with Gasteiger partial charge in [0.2, 0.25) is 11.8 Å². The molecule has 21 heavy (non-hydrogen) atoms. The molecule has 7 nitrogen and oxygen atoms in total. The number of nitrogens with zero attached hydrogens (tertiary/aromatic N) is 2. The molecule has 0 radical (unpaired) electrons. The van der Waals surface area contributed by atoms with Gasteiger partial charge < -0.3 is 15.3 Å². The number of carbonyl (C=O) groups excluding carboxylic acids is 2. The minimum absolute atomic E-state index is 0.170. The van der Waals surface area contributed by atoms with Crippen LogP contribution in [-0.4, -0.2) is 51.9 Å². The molecule has 2 N–H and O–H groups in total. The highest BCUT2D eigenvalue weighted by atomic mass is 32.1. The van der Waals surface area contributed by atoms with Crippen LogP contribution in [0.2, 0.25) is 0 Å². The van der Waals surface area contributed by atoms with Gasteiger partial charge in [-0.3, -0.25) is 9.59 Å². The van der Waals surface area contributed by atoms with E-state index >= 15 is 0 Å². The van der Waals surface area contributed by atoms with Gasteiger partial charge in [-0.25, -0.2) is 9.78 Å². The van der Waals surface area contributed by atoms with Gasteiger partial charge in [-0.05, 0) is 13.3 Å². The molecule has 0 aromatic carbocycles. The molecule has 1 heterocycles. The smallest absolute Gasteiger partial charge is 0.326 e. The van der Waals surface area contributed by atoms with Crippen LogP contribution in [0.3, 0.4) is 0 Å². The van der Waals surface area contributed by atoms with E-state index < -0.39 is 12.0 Å². The molecular formula is C13H19N3O4S. The molecule has 1 unspecified atom stereocenters. The van der Waals surface area contributed by atoms with Crippen LogP contribution in [0.1, 0.15) is 26.0 Å². The normalized spacial score (nSPS) is 11.7. The van der Waals surface area contributed by atoms with Gasteiger partial charge in [0.05, 0.1) is 11.2 Å². The van der Waals surface area contributed by atoms with Crippen molar-refractivity contribution in [2.24, 2.45) is 0 Å². The van der Waals surface area contributed by atoms with Crippen LogP contribution in [0.15, 0.2) is 10.9 Å². The van der Waals surface area contributed by atoms with Gasteiger partial charge >= 0.3 is 5.97 Å². The first-order valence-electron chi connectivity index (χ1n) is 6.55. The fourth-order valence-corrected chi connectivity index (χ4v) is 2.35. The molecule has 0 spiro atoms. The monoisotopic (exact) mass is 313 g/mol. The summed E-state index contributed by atoms with van der Waals surface area (Å²) in [4.78, 5) is 39.5. The number of amides is 2. The number of hydrogen-bond acceptors (Lipinski definition) is 5. The summed E-state index contributed by atoms with van der Waals surface area (Å²) in [5.41, 5.74) is 2.51. The van der Waals surface area contributed by atoms with Gasteiger partial charge in [0.25, 0.3) is 0 Å². The summed E-state index contributed by atoms with van der Waals surface area (Å²) >= 11 is 1.45. The molecule has 0 fully saturated rings. The molecule has 1 aromatic heterocycles. The summed E-state index contributed by atoms with van der Waals surface area (Å²) < 4.78 is 0. The van der Waals surface area contributed by atoms with E-state index in [1.54, 1.807) is 5.51 Å². The lowest BCUT2D eigenvalue weighted by Crippen LogP contribution is -2.46. The van der Waals surface area contributed by atoms with Crippen molar-refractivity contribution < 1.29 is 19.5 Å². The third kappa shape index (κ3) is 5.90. The van der Waals surface area contributed by atoms with Crippen molar-refractivity contribution in [2.45, 2.75) is 32.7 Å². The number of aryl methyl sites for hydroxylation is 1. The lowest BCUT2D eigenvalue weighted by atomic mass is 10.2. The number of nitrogens with one attached hydrogen (secondary N) is 1. The number of carboxylic acid groups (broad SMARTS) is 1. The van der Waals surface area contributed by atoms with Crippen molar-refractivity contribution in [3.05, 3.63) is 16.6 Å². The fourth-order valence-electron chi connectivity index (χ4n) is 1.76. The maximum Gasteiger partial charge on any atom is 0.326 e. The Morgan fingerprint density at radius 3 is 2.71 bits per heavy atom. The Hall–Kier alpha value is -1.96. The van der Waals surface area contributed by atoms with E-state index in [4.69, 9.17) is 5.11 Å². The van der Waals surface area contributed by atoms with Gasteiger partial charge in [0.1, 0.15) is 6.04 Å². The van der Waals surface area contributed by atoms with Crippen LogP contribution >= 0.6 is 11.3 Å². The van der Waals surface area contributed by atoms with E-state index in [0.29, 0.717) is 6.42 Å². The molecule has 1 rings (SSSR count). The molecule has 0 aliphatic carbocycles. The summed E-state index contributed by atoms with van der Waals surface area (Å²) in [6.45, 7) is 3.23. The van der Waals surface area contributed by atoms with Crippen molar-refractivity contribution >= 4 is 29.1 Å². The lowest BCUT2D eigenvalue weighted by molar-refractivity contribution is -0.149. The Kier molecular flexibility index (Phi) is 6.80. The minimum atomic E-state index is -1.07. The van der Waals surface area contributed by atoms with Gasteiger partial charge in [-0.1, -0.05) is 0 Å². The highest BCUT2D eigenvalue weighted by Crippen LogP contribution is 2.08. The first-order chi connectivity index (χ1) is 9.91. The quantitative estimate of drug-likeness (QED) is 0.728. The second-order valence-corrected chi connectivity index (χ2v) is 5.28. The van der Waals surface area contributed by atoms with Crippen LogP contribution in [0.4, 0.5) is 0 Å². The maximum atomic E-state index is 12.2. The molecule has 0 saturated carbocycles. The van der Waals surface area contributed by atoms with E-state index in [0.717, 1.165) is 5.69 Å². The highest BCUT2D eigenvalue weighted by molar-refractivity contribution is 7.07. The van der Waals surface area contributed by atoms with Crippen molar-refractivity contribution in [1.29, 1.82) is 0 Å². The Bertz CT molecular complexity index is 490. The molecule has 0 saturated heterocycles. The summed E-state index contributed by atoms with van der Waals surface area (Å²) in [5, 5.41) is 13.5. The van der Waals surface area contributed by atoms with Crippen LogP contribution in [0.5, 0.6) is 0 Å². The number of aliphatic carboxylic acids is 1. The molecule has 116 valence electrons. The molecule has 1 aromatic rings. The number of thiazole rings is 1. The Morgan fingerprint density at radius 2 is 2.19 bits per heavy atom. The van der Waals surface area contributed by atoms with Crippen LogP contribution in [-0.2, 0) is 20.8 Å². The first kappa shape index (κ1) is 17.1. The summed E-state index contributed by atoms with van der Waals surface area (Å²) in [6, 6.07) is -0.929. The van der Waals surface area contributed by atoms with E-state index in [9.17, 15) is 14.4 Å². The Balaban J connectivity index is 2.58. The lowest BCUT2D eigenvalue weighted by Gasteiger charge is -2.26. The third-order valence-electron chi connectivity index (χ3n) is 2.95. The molecule has 0 aliphatic rings. The van der Waals surface area contributed by atoms with E-state index in [1.165, 1.54) is 30.1 Å². The minimum Gasteiger partial charge on any atom is -0.480 e. The Labute approximate surface area is 127 Å². The van der Waals surface area contributed by atoms with Gasteiger partial charge in [-0.2, -0.15) is 0 Å². The van der Waals surface area contributed by atoms with Crippen molar-refractivity contribution in [2.75, 3.05) is 13.1 Å². The molecule has 1 atom stereocenters. The number of rotatable bonds is 8. The Morgan fingerprint density at radius 1 is 1.48 bits per heavy atom. The largest absolute Gasteiger partial charge is 0.480 e. The summed E-state index contributed by atoms with van der Waals surface area (Å²) in [5.74, 6) is -1.55. The molecule has 8 heteroatoms. The van der Waals surface area contributed by atoms with Crippen LogP contribution in [0, 0.1) is 0 Å². The molecule has 0 aliphatic heterocycles. The third-order valence-corrected chi connectivity index (χ3v) is 3.59. The summed E-state index contributed by atoms with van der Waals surface area (Å²) in [6.07, 6.45) is 0.673. The van der Waals surface area contributed by atoms with Gasteiger partial charge in [0, 0.05) is 31.8 Å². The average Bonchev–Trinajstić information content (AvgIpc) is 2.93. The average molecular weight is 313 g/mol. The SMILES string of the molecule is CC(=O)NCCN(C(=O)CCc1cscn1)C(C)C(=O)O. The zero-order valence-corrected chi connectivity index (χ0v) is 12.9. The first-order valence-corrected chi connectivity index (χ1v) is 7.50. The van der Waals surface area contributed by atoms with Crippen molar-refractivity contribution in [1.82, 2.24) is 15.2 Å². The van der Waals surface area contributed by atoms with E-state index in [-0.39, 0.29) is 31.3 Å². The van der Waals surface area contributed by atoms with Crippen LogP contribution in [0.25, 0.3) is 0 Å². The van der Waals surface area contributed by atoms with Crippen molar-refractivity contribution in [3.8, 4) is 0 Å². The number of carbonyl (C=O) groups is 3. The predicted octanol–water partition coefficient (Wildman–Crippen LogP) is 0.513. The zero-order valence-electron chi connectivity index (χ0n) is 12.0. The second-order valence-electron chi connectivity index (χ2n) is 4.56. The summed E-state index contributed by atoms with van der Waals surface area (Å²) in [7, 11) is 0. The van der Waals surface area contributed by atoms with Crippen LogP contribution < -0.4 is 5.32 Å². The van der Waals surface area contributed by atoms with E-state index in [1.807, 2.05) is 5.38 Å². The standard InChI is InChI=1S/C13H19N3O4S/c1-9(13(19)20)16(6-5-14-10(2)17)12(18)4-3-11-7-21-8-15-11/h7-9H,3-6H2,1-2H3,(H,14,17)(H,19,20). The van der Waals surface area contributed by atoms with Crippen molar-refractivity contribution in [3.63, 3.8) is 0 Å². The van der Waals surface area contributed by atoms with E-state index in [2.05, 4.69) is 10.3 Å². The molecular weight excluding hydrogens is 294 g/mol. The number of carboxylic acids is 1. The predicted molar refractivity (Wildman–Crippen MR) is 77.9 cm³/mol. The maximum absolute atomic E-state index is 12.2. The topological polar surface area (TPSA) is 99.6 Å². The molecule has 0 bridgehead atoms. The van der Waals surface area contributed by atoms with Gasteiger partial charge in [-0.15, -0.1) is 11.3 Å². The number of aromatic nitrogens is 1. The van der Waals surface area contributed by atoms with Gasteiger partial charge in [0.15, 0.2) is 0 Å². The number of hydrogen-bond donors (Lipinski definition) is 2. The second kappa shape index (κ2) is 8.35. The highest BCUT2D eigenvalue weighted by Gasteiger charge is 2.24.